The number of hydrogen-bond donors (Lipinski definition) is 0. The molecule has 128 valence electrons. The molecule has 7 nitrogen and oxygen atoms in total. The van der Waals surface area contributed by atoms with Crippen molar-refractivity contribution in [1.82, 2.24) is 24.0 Å². The Morgan fingerprint density at radius 2 is 2.24 bits per heavy atom. The van der Waals surface area contributed by atoms with Crippen LogP contribution in [0.5, 0.6) is 0 Å². The van der Waals surface area contributed by atoms with Crippen LogP contribution in [-0.2, 0) is 19.6 Å². The summed E-state index contributed by atoms with van der Waals surface area (Å²) in [6.45, 7) is 2.04. The third-order valence-electron chi connectivity index (χ3n) is 4.21. The molecule has 3 aromatic rings. The van der Waals surface area contributed by atoms with E-state index < -0.39 is 0 Å². The Balaban J connectivity index is 1.64. The van der Waals surface area contributed by atoms with E-state index in [2.05, 4.69) is 9.97 Å². The molecule has 0 saturated carbocycles. The van der Waals surface area contributed by atoms with Crippen LogP contribution in [-0.4, -0.2) is 36.5 Å². The second kappa shape index (κ2) is 6.64. The number of nitrogens with zero attached hydrogens (tertiary/aromatic N) is 5. The second-order valence-corrected chi connectivity index (χ2v) is 6.89. The van der Waals surface area contributed by atoms with Crippen molar-refractivity contribution in [2.24, 2.45) is 0 Å². The minimum absolute atomic E-state index is 0.00212. The lowest BCUT2D eigenvalue weighted by Gasteiger charge is -2.19. The fraction of sp³-hybridized carbons (Fsp3) is 0.294. The Morgan fingerprint density at radius 1 is 1.32 bits per heavy atom. The quantitative estimate of drug-likeness (QED) is 0.715. The van der Waals surface area contributed by atoms with E-state index in [0.717, 1.165) is 6.42 Å². The van der Waals surface area contributed by atoms with Gasteiger partial charge in [0.25, 0.3) is 11.5 Å². The lowest BCUT2D eigenvalue weighted by atomic mass is 10.3. The van der Waals surface area contributed by atoms with Crippen LogP contribution in [0.25, 0.3) is 0 Å². The van der Waals surface area contributed by atoms with Crippen LogP contribution in [0.1, 0.15) is 27.6 Å². The standard InChI is InChI=1S/C17H17N5O2S/c23-16-9-13(10-20-7-4-18-12-20)19-15-11-21(5-2-6-22(15)16)17(24)14-3-1-8-25-14/h1,3-4,7-9,12H,2,5-6,10-11H2. The maximum absolute atomic E-state index is 12.7. The Labute approximate surface area is 148 Å². The number of rotatable bonds is 3. The predicted octanol–water partition coefficient (Wildman–Crippen LogP) is 1.60. The van der Waals surface area contributed by atoms with Gasteiger partial charge in [0.1, 0.15) is 5.82 Å². The summed E-state index contributed by atoms with van der Waals surface area (Å²) in [5, 5.41) is 1.89. The maximum Gasteiger partial charge on any atom is 0.264 e. The lowest BCUT2D eigenvalue weighted by molar-refractivity contribution is 0.0748. The Bertz CT molecular complexity index is 931. The molecule has 0 radical (unpaired) electrons. The molecule has 0 aromatic carbocycles. The van der Waals surface area contributed by atoms with Gasteiger partial charge >= 0.3 is 0 Å². The summed E-state index contributed by atoms with van der Waals surface area (Å²) in [6.07, 6.45) is 5.96. The zero-order valence-electron chi connectivity index (χ0n) is 13.5. The first-order valence-electron chi connectivity index (χ1n) is 8.09. The van der Waals surface area contributed by atoms with Gasteiger partial charge in [0.2, 0.25) is 0 Å². The fourth-order valence-electron chi connectivity index (χ4n) is 3.01. The smallest absolute Gasteiger partial charge is 0.264 e. The monoisotopic (exact) mass is 355 g/mol. The molecule has 4 heterocycles. The van der Waals surface area contributed by atoms with Gasteiger partial charge in [0, 0.05) is 31.5 Å². The van der Waals surface area contributed by atoms with Crippen molar-refractivity contribution < 1.29 is 4.79 Å². The summed E-state index contributed by atoms with van der Waals surface area (Å²) >= 11 is 1.43. The number of imidazole rings is 1. The van der Waals surface area contributed by atoms with Gasteiger partial charge in [0.05, 0.1) is 30.0 Å². The number of hydrogen-bond acceptors (Lipinski definition) is 5. The minimum atomic E-state index is -0.0643. The first kappa shape index (κ1) is 15.8. The molecule has 0 fully saturated rings. The van der Waals surface area contributed by atoms with Crippen LogP contribution in [0.2, 0.25) is 0 Å². The molecule has 1 aliphatic heterocycles. The highest BCUT2D eigenvalue weighted by atomic mass is 32.1. The van der Waals surface area contributed by atoms with Gasteiger partial charge < -0.3 is 9.47 Å². The number of carbonyl (C=O) groups excluding carboxylic acids is 1. The SMILES string of the molecule is O=C(c1cccs1)N1CCCn2c(nc(Cn3ccnc3)cc2=O)C1. The average molecular weight is 355 g/mol. The lowest BCUT2D eigenvalue weighted by Crippen LogP contribution is -2.31. The third kappa shape index (κ3) is 3.25. The minimum Gasteiger partial charge on any atom is -0.331 e. The van der Waals surface area contributed by atoms with E-state index in [1.54, 1.807) is 28.1 Å². The first-order chi connectivity index (χ1) is 12.2. The molecule has 25 heavy (non-hydrogen) atoms. The molecular weight excluding hydrogens is 338 g/mol. The van der Waals surface area contributed by atoms with Crippen LogP contribution in [0.3, 0.4) is 0 Å². The summed E-state index contributed by atoms with van der Waals surface area (Å²) in [4.78, 5) is 36.3. The van der Waals surface area contributed by atoms with Gasteiger partial charge in [-0.25, -0.2) is 9.97 Å². The van der Waals surface area contributed by atoms with Crippen molar-refractivity contribution in [2.75, 3.05) is 6.54 Å². The van der Waals surface area contributed by atoms with Crippen LogP contribution >= 0.6 is 11.3 Å². The highest BCUT2D eigenvalue weighted by Gasteiger charge is 2.22. The number of fused-ring (bicyclic) bond motifs is 1. The highest BCUT2D eigenvalue weighted by molar-refractivity contribution is 7.12. The molecule has 3 aromatic heterocycles. The fourth-order valence-corrected chi connectivity index (χ4v) is 3.70. The van der Waals surface area contributed by atoms with E-state index >= 15 is 0 Å². The highest BCUT2D eigenvalue weighted by Crippen LogP contribution is 2.16. The molecule has 1 aliphatic rings. The Morgan fingerprint density at radius 3 is 3.00 bits per heavy atom. The molecule has 1 amide bonds. The van der Waals surface area contributed by atoms with Crippen molar-refractivity contribution in [1.29, 1.82) is 0 Å². The summed E-state index contributed by atoms with van der Waals surface area (Å²) in [7, 11) is 0. The van der Waals surface area contributed by atoms with Crippen LogP contribution < -0.4 is 5.56 Å². The largest absolute Gasteiger partial charge is 0.331 e. The summed E-state index contributed by atoms with van der Waals surface area (Å²) < 4.78 is 3.54. The van der Waals surface area contributed by atoms with E-state index in [0.29, 0.717) is 42.6 Å². The summed E-state index contributed by atoms with van der Waals surface area (Å²) in [5.41, 5.74) is 0.616. The third-order valence-corrected chi connectivity index (χ3v) is 5.06. The molecule has 0 N–H and O–H groups in total. The molecule has 0 saturated heterocycles. The Hall–Kier alpha value is -2.74. The molecule has 8 heteroatoms. The number of carbonyl (C=O) groups is 1. The maximum atomic E-state index is 12.7. The van der Waals surface area contributed by atoms with Crippen molar-refractivity contribution in [2.45, 2.75) is 26.1 Å². The van der Waals surface area contributed by atoms with Crippen molar-refractivity contribution in [3.63, 3.8) is 0 Å². The molecule has 0 unspecified atom stereocenters. The molecule has 0 atom stereocenters. The summed E-state index contributed by atoms with van der Waals surface area (Å²) in [5.74, 6) is 0.641. The van der Waals surface area contributed by atoms with E-state index in [1.165, 1.54) is 11.3 Å². The molecule has 4 rings (SSSR count). The average Bonchev–Trinajstić information content (AvgIpc) is 3.25. The van der Waals surface area contributed by atoms with E-state index in [4.69, 9.17) is 0 Å². The number of thiophene rings is 1. The number of aromatic nitrogens is 4. The molecule has 0 aliphatic carbocycles. The van der Waals surface area contributed by atoms with Crippen LogP contribution in [0.15, 0.2) is 47.1 Å². The topological polar surface area (TPSA) is 73.0 Å². The normalized spacial score (nSPS) is 14.2. The van der Waals surface area contributed by atoms with Crippen molar-refractivity contribution in [3.8, 4) is 0 Å². The first-order valence-corrected chi connectivity index (χ1v) is 8.97. The van der Waals surface area contributed by atoms with Gasteiger partial charge in [-0.05, 0) is 17.9 Å². The van der Waals surface area contributed by atoms with Gasteiger partial charge in [-0.1, -0.05) is 6.07 Å². The van der Waals surface area contributed by atoms with Gasteiger partial charge in [-0.2, -0.15) is 0 Å². The number of amides is 1. The molecule has 0 bridgehead atoms. The zero-order chi connectivity index (χ0) is 17.2. The second-order valence-electron chi connectivity index (χ2n) is 5.95. The Kier molecular flexibility index (Phi) is 4.19. The van der Waals surface area contributed by atoms with Gasteiger partial charge in [-0.15, -0.1) is 11.3 Å². The zero-order valence-corrected chi connectivity index (χ0v) is 14.4. The van der Waals surface area contributed by atoms with E-state index in [9.17, 15) is 9.59 Å². The molecular formula is C17H17N5O2S. The van der Waals surface area contributed by atoms with Crippen molar-refractivity contribution >= 4 is 17.2 Å². The van der Waals surface area contributed by atoms with E-state index in [-0.39, 0.29) is 11.5 Å². The van der Waals surface area contributed by atoms with Gasteiger partial charge in [0.15, 0.2) is 0 Å². The predicted molar refractivity (Wildman–Crippen MR) is 93.5 cm³/mol. The van der Waals surface area contributed by atoms with Crippen LogP contribution in [0.4, 0.5) is 0 Å². The van der Waals surface area contributed by atoms with Gasteiger partial charge in [-0.3, -0.25) is 14.2 Å². The molecule has 0 spiro atoms. The van der Waals surface area contributed by atoms with E-state index in [1.807, 2.05) is 28.3 Å². The van der Waals surface area contributed by atoms with Crippen molar-refractivity contribution in [3.05, 3.63) is 69.0 Å². The van der Waals surface area contributed by atoms with Crippen LogP contribution in [0, 0.1) is 0 Å². The summed E-state index contributed by atoms with van der Waals surface area (Å²) in [6, 6.07) is 5.27.